The molecule has 0 saturated carbocycles. The summed E-state index contributed by atoms with van der Waals surface area (Å²) in [6.45, 7) is 1.43. The Labute approximate surface area is 145 Å². The van der Waals surface area contributed by atoms with Crippen molar-refractivity contribution in [1.82, 2.24) is 4.90 Å². The van der Waals surface area contributed by atoms with Crippen molar-refractivity contribution in [2.24, 2.45) is 0 Å². The zero-order valence-corrected chi connectivity index (χ0v) is 14.0. The Hall–Kier alpha value is -2.33. The first-order valence-electron chi connectivity index (χ1n) is 7.87. The van der Waals surface area contributed by atoms with Crippen molar-refractivity contribution in [2.45, 2.75) is 12.6 Å². The van der Waals surface area contributed by atoms with Crippen molar-refractivity contribution in [3.63, 3.8) is 0 Å². The highest BCUT2D eigenvalue weighted by molar-refractivity contribution is 5.31. The third-order valence-corrected chi connectivity index (χ3v) is 3.86. The van der Waals surface area contributed by atoms with Gasteiger partial charge >= 0.3 is 0 Å². The molecular formula is C19H20F2N2O2. The fourth-order valence-electron chi connectivity index (χ4n) is 2.56. The van der Waals surface area contributed by atoms with E-state index in [4.69, 9.17) is 10.00 Å². The number of hydrogen-bond acceptors (Lipinski definition) is 4. The zero-order valence-electron chi connectivity index (χ0n) is 14.0. The maximum absolute atomic E-state index is 13.8. The number of aliphatic hydroxyl groups is 1. The van der Waals surface area contributed by atoms with Crippen molar-refractivity contribution in [1.29, 1.82) is 5.26 Å². The van der Waals surface area contributed by atoms with Crippen LogP contribution in [0.4, 0.5) is 8.78 Å². The number of rotatable bonds is 8. The van der Waals surface area contributed by atoms with Crippen molar-refractivity contribution < 1.29 is 18.6 Å². The van der Waals surface area contributed by atoms with Gasteiger partial charge in [0.25, 0.3) is 0 Å². The molecule has 0 spiro atoms. The largest absolute Gasteiger partial charge is 0.387 e. The highest BCUT2D eigenvalue weighted by atomic mass is 19.1. The molecule has 0 aliphatic rings. The number of benzene rings is 2. The average Bonchev–Trinajstić information content (AvgIpc) is 2.60. The van der Waals surface area contributed by atoms with Crippen LogP contribution in [0.15, 0.2) is 42.5 Å². The minimum atomic E-state index is -1.29. The Bertz CT molecular complexity index is 709. The van der Waals surface area contributed by atoms with E-state index in [1.54, 1.807) is 19.2 Å². The molecule has 6 heteroatoms. The Morgan fingerprint density at radius 2 is 1.80 bits per heavy atom. The van der Waals surface area contributed by atoms with Crippen LogP contribution >= 0.6 is 0 Å². The highest BCUT2D eigenvalue weighted by Gasteiger charge is 2.20. The van der Waals surface area contributed by atoms with E-state index in [9.17, 15) is 13.9 Å². The summed E-state index contributed by atoms with van der Waals surface area (Å²) in [4.78, 5) is 1.85. The lowest BCUT2D eigenvalue weighted by molar-refractivity contribution is 0.0810. The van der Waals surface area contributed by atoms with Gasteiger partial charge in [-0.2, -0.15) is 5.26 Å². The molecule has 2 rings (SSSR count). The van der Waals surface area contributed by atoms with E-state index < -0.39 is 17.7 Å². The molecule has 0 amide bonds. The molecule has 25 heavy (non-hydrogen) atoms. The monoisotopic (exact) mass is 346 g/mol. The van der Waals surface area contributed by atoms with Crippen LogP contribution in [-0.2, 0) is 11.3 Å². The molecule has 0 radical (unpaired) electrons. The fourth-order valence-corrected chi connectivity index (χ4v) is 2.56. The lowest BCUT2D eigenvalue weighted by Crippen LogP contribution is -2.32. The fraction of sp³-hybridized carbons (Fsp3) is 0.316. The summed E-state index contributed by atoms with van der Waals surface area (Å²) in [6, 6.07) is 12.6. The second-order valence-corrected chi connectivity index (χ2v) is 5.69. The van der Waals surface area contributed by atoms with Gasteiger partial charge in [-0.05, 0) is 29.8 Å². The summed E-state index contributed by atoms with van der Waals surface area (Å²) < 4.78 is 32.7. The number of nitriles is 1. The number of methoxy groups -OCH3 is 1. The van der Waals surface area contributed by atoms with Gasteiger partial charge in [0.05, 0.1) is 29.9 Å². The van der Waals surface area contributed by atoms with E-state index in [0.717, 1.165) is 17.7 Å². The van der Waals surface area contributed by atoms with Crippen molar-refractivity contribution in [3.8, 4) is 6.07 Å². The van der Waals surface area contributed by atoms with Gasteiger partial charge in [0.1, 0.15) is 11.6 Å². The van der Waals surface area contributed by atoms with Gasteiger partial charge < -0.3 is 9.84 Å². The summed E-state index contributed by atoms with van der Waals surface area (Å²) in [5.41, 5.74) is 1.15. The number of ether oxygens (including phenoxy) is 1. The molecule has 0 aliphatic carbocycles. The van der Waals surface area contributed by atoms with Crippen LogP contribution in [0.2, 0.25) is 0 Å². The van der Waals surface area contributed by atoms with Gasteiger partial charge in [0.15, 0.2) is 0 Å². The summed E-state index contributed by atoms with van der Waals surface area (Å²) in [5, 5.41) is 19.1. The molecule has 1 unspecified atom stereocenters. The lowest BCUT2D eigenvalue weighted by Gasteiger charge is -2.25. The van der Waals surface area contributed by atoms with E-state index in [1.165, 1.54) is 6.07 Å². The van der Waals surface area contributed by atoms with Crippen LogP contribution in [0.3, 0.4) is 0 Å². The third kappa shape index (κ3) is 5.33. The Balaban J connectivity index is 2.12. The van der Waals surface area contributed by atoms with E-state index in [1.807, 2.05) is 17.0 Å². The second-order valence-electron chi connectivity index (χ2n) is 5.69. The molecule has 0 aromatic heterocycles. The van der Waals surface area contributed by atoms with Crippen LogP contribution in [-0.4, -0.2) is 36.8 Å². The molecule has 0 saturated heterocycles. The first-order valence-corrected chi connectivity index (χ1v) is 7.87. The number of aliphatic hydroxyl groups excluding tert-OH is 1. The van der Waals surface area contributed by atoms with Crippen LogP contribution in [0.5, 0.6) is 0 Å². The van der Waals surface area contributed by atoms with Gasteiger partial charge in [-0.1, -0.05) is 18.2 Å². The molecule has 2 aromatic rings. The van der Waals surface area contributed by atoms with Crippen molar-refractivity contribution in [3.05, 3.63) is 70.8 Å². The zero-order chi connectivity index (χ0) is 18.2. The molecule has 0 aliphatic heterocycles. The van der Waals surface area contributed by atoms with E-state index in [-0.39, 0.29) is 12.1 Å². The molecule has 2 aromatic carbocycles. The number of halogens is 2. The summed E-state index contributed by atoms with van der Waals surface area (Å²) >= 11 is 0. The van der Waals surface area contributed by atoms with Gasteiger partial charge in [-0.3, -0.25) is 4.90 Å². The number of nitrogens with zero attached hydrogens (tertiary/aromatic N) is 2. The lowest BCUT2D eigenvalue weighted by atomic mass is 10.1. The van der Waals surface area contributed by atoms with Crippen LogP contribution in [0, 0.1) is 23.0 Å². The highest BCUT2D eigenvalue weighted by Crippen LogP contribution is 2.22. The Morgan fingerprint density at radius 3 is 2.36 bits per heavy atom. The van der Waals surface area contributed by atoms with Crippen molar-refractivity contribution in [2.75, 3.05) is 26.8 Å². The van der Waals surface area contributed by atoms with Crippen molar-refractivity contribution >= 4 is 0 Å². The smallest absolute Gasteiger partial charge is 0.131 e. The molecule has 132 valence electrons. The van der Waals surface area contributed by atoms with Gasteiger partial charge in [0, 0.05) is 26.7 Å². The quantitative estimate of drug-likeness (QED) is 0.798. The standard InChI is InChI=1S/C19H20F2N2O2/c1-25-10-9-23(12-15-7-5-14(11-22)6-8-15)13-18(24)19-16(20)3-2-4-17(19)21/h2-8,18,24H,9-10,12-13H2,1H3. The van der Waals surface area contributed by atoms with E-state index >= 15 is 0 Å². The minimum Gasteiger partial charge on any atom is -0.387 e. The Kier molecular flexibility index (Phi) is 7.02. The minimum absolute atomic E-state index is 0.0568. The second kappa shape index (κ2) is 9.23. The maximum atomic E-state index is 13.8. The molecule has 1 atom stereocenters. The van der Waals surface area contributed by atoms with Crippen LogP contribution < -0.4 is 0 Å². The molecular weight excluding hydrogens is 326 g/mol. The van der Waals surface area contributed by atoms with E-state index in [0.29, 0.717) is 25.3 Å². The summed E-state index contributed by atoms with van der Waals surface area (Å²) in [7, 11) is 1.56. The predicted molar refractivity (Wildman–Crippen MR) is 89.6 cm³/mol. The maximum Gasteiger partial charge on any atom is 0.131 e. The van der Waals surface area contributed by atoms with Gasteiger partial charge in [-0.15, -0.1) is 0 Å². The molecule has 0 heterocycles. The molecule has 4 nitrogen and oxygen atoms in total. The number of hydrogen-bond donors (Lipinski definition) is 1. The van der Waals surface area contributed by atoms with Gasteiger partial charge in [0.2, 0.25) is 0 Å². The van der Waals surface area contributed by atoms with Crippen LogP contribution in [0.25, 0.3) is 0 Å². The predicted octanol–water partition coefficient (Wildman–Crippen LogP) is 3.02. The SMILES string of the molecule is COCCN(Cc1ccc(C#N)cc1)CC(O)c1c(F)cccc1F. The van der Waals surface area contributed by atoms with E-state index in [2.05, 4.69) is 6.07 Å². The normalized spacial score (nSPS) is 12.2. The first kappa shape index (κ1) is 19.0. The van der Waals surface area contributed by atoms with Crippen LogP contribution in [0.1, 0.15) is 22.8 Å². The summed E-state index contributed by atoms with van der Waals surface area (Å²) in [6.07, 6.45) is -1.29. The molecule has 1 N–H and O–H groups in total. The topological polar surface area (TPSA) is 56.5 Å². The molecule has 0 bridgehead atoms. The third-order valence-electron chi connectivity index (χ3n) is 3.86. The first-order chi connectivity index (χ1) is 12.0. The summed E-state index contributed by atoms with van der Waals surface area (Å²) in [5.74, 6) is -1.53. The average molecular weight is 346 g/mol. The molecule has 0 fully saturated rings. The van der Waals surface area contributed by atoms with Gasteiger partial charge in [-0.25, -0.2) is 8.78 Å². The Morgan fingerprint density at radius 1 is 1.16 bits per heavy atom.